The van der Waals surface area contributed by atoms with Crippen LogP contribution in [-0.2, 0) is 23.9 Å². The molecule has 0 bridgehead atoms. The van der Waals surface area contributed by atoms with Gasteiger partial charge in [0.05, 0.1) is 6.54 Å². The van der Waals surface area contributed by atoms with Gasteiger partial charge < -0.3 is 9.47 Å². The number of nitrogens with zero attached hydrogens (tertiary/aromatic N) is 1. The Morgan fingerprint density at radius 3 is 2.38 bits per heavy atom. The van der Waals surface area contributed by atoms with E-state index in [2.05, 4.69) is 0 Å². The fraction of sp³-hybridized carbons (Fsp3) is 0.842. The lowest BCUT2D eigenvalue weighted by molar-refractivity contribution is -0.165. The van der Waals surface area contributed by atoms with Gasteiger partial charge in [-0.15, -0.1) is 0 Å². The van der Waals surface area contributed by atoms with E-state index in [4.69, 9.17) is 15.3 Å². The molecule has 2 N–H and O–H groups in total. The molecule has 1 aliphatic carbocycles. The Hall–Kier alpha value is -1.63. The minimum Gasteiger partial charge on any atom is -0.460 e. The molecule has 0 spiro atoms. The number of nitrogens with two attached hydrogens (primary N) is 1. The molecule has 0 unspecified atom stereocenters. The van der Waals surface area contributed by atoms with E-state index in [0.717, 1.165) is 17.9 Å². The smallest absolute Gasteiger partial charge is 0.319 e. The number of esters is 2. The molecule has 0 radical (unpaired) electrons. The van der Waals surface area contributed by atoms with Gasteiger partial charge in [-0.05, 0) is 52.4 Å². The molecule has 1 aliphatic heterocycles. The van der Waals surface area contributed by atoms with Crippen molar-refractivity contribution in [1.82, 2.24) is 5.01 Å². The Morgan fingerprint density at radius 1 is 1.12 bits per heavy atom. The zero-order valence-corrected chi connectivity index (χ0v) is 16.2. The maximum atomic E-state index is 12.4. The van der Waals surface area contributed by atoms with E-state index in [1.54, 1.807) is 20.8 Å². The molecule has 1 saturated carbocycles. The predicted molar refractivity (Wildman–Crippen MR) is 95.5 cm³/mol. The van der Waals surface area contributed by atoms with Crippen LogP contribution in [0.2, 0.25) is 0 Å². The first-order valence-corrected chi connectivity index (χ1v) is 9.64. The summed E-state index contributed by atoms with van der Waals surface area (Å²) in [5.41, 5.74) is -0.672. The largest absolute Gasteiger partial charge is 0.460 e. The number of hydrazine groups is 1. The van der Waals surface area contributed by atoms with Crippen molar-refractivity contribution in [3.05, 3.63) is 0 Å². The Balaban J connectivity index is 1.89. The van der Waals surface area contributed by atoms with Crippen molar-refractivity contribution >= 4 is 17.8 Å². The first kappa shape index (κ1) is 20.7. The molecule has 0 aromatic carbocycles. The lowest BCUT2D eigenvalue weighted by atomic mass is 9.87. The number of carbonyl (C=O) groups excluding carboxylic acids is 3. The number of ether oxygens (including phenoxy) is 2. The summed E-state index contributed by atoms with van der Waals surface area (Å²) in [6.45, 7) is 5.36. The summed E-state index contributed by atoms with van der Waals surface area (Å²) < 4.78 is 10.9. The number of rotatable bonds is 4. The Labute approximate surface area is 155 Å². The molecule has 0 aromatic heterocycles. The number of amides is 1. The standard InChI is InChI=1S/C19H32N2O5/c1-19(2,3)26-18(24)15-10-9-14(12-21(20)17(15)23)25-16(22)11-13-7-5-4-6-8-13/h13-15H,4-12,20H2,1-3H3/t14-,15+/m1/s1. The molecule has 7 heteroatoms. The van der Waals surface area contributed by atoms with Crippen molar-refractivity contribution in [3.8, 4) is 0 Å². The van der Waals surface area contributed by atoms with Gasteiger partial charge in [-0.25, -0.2) is 5.84 Å². The SMILES string of the molecule is CC(C)(C)OC(=O)[C@H]1CC[C@@H](OC(=O)CC2CCCCC2)CN(N)C1=O. The highest BCUT2D eigenvalue weighted by Gasteiger charge is 2.38. The molecular weight excluding hydrogens is 336 g/mol. The first-order chi connectivity index (χ1) is 12.2. The molecule has 2 aliphatic rings. The van der Waals surface area contributed by atoms with E-state index in [1.165, 1.54) is 19.3 Å². The molecular formula is C19H32N2O5. The topological polar surface area (TPSA) is 98.9 Å². The van der Waals surface area contributed by atoms with Gasteiger partial charge in [0.25, 0.3) is 5.91 Å². The average Bonchev–Trinajstić information content (AvgIpc) is 2.66. The highest BCUT2D eigenvalue weighted by molar-refractivity contribution is 5.97. The number of hydrogen-bond acceptors (Lipinski definition) is 6. The summed E-state index contributed by atoms with van der Waals surface area (Å²) >= 11 is 0. The van der Waals surface area contributed by atoms with Crippen molar-refractivity contribution in [2.24, 2.45) is 17.7 Å². The quantitative estimate of drug-likeness (QED) is 0.354. The Morgan fingerprint density at radius 2 is 1.77 bits per heavy atom. The van der Waals surface area contributed by atoms with Crippen LogP contribution in [0.15, 0.2) is 0 Å². The Bertz CT molecular complexity index is 523. The van der Waals surface area contributed by atoms with Crippen molar-refractivity contribution in [3.63, 3.8) is 0 Å². The van der Waals surface area contributed by atoms with E-state index >= 15 is 0 Å². The molecule has 2 fully saturated rings. The van der Waals surface area contributed by atoms with Gasteiger partial charge in [-0.1, -0.05) is 19.3 Å². The average molecular weight is 368 g/mol. The summed E-state index contributed by atoms with van der Waals surface area (Å²) in [5.74, 6) is 3.96. The third kappa shape index (κ3) is 6.27. The highest BCUT2D eigenvalue weighted by atomic mass is 16.6. The van der Waals surface area contributed by atoms with E-state index in [9.17, 15) is 14.4 Å². The first-order valence-electron chi connectivity index (χ1n) is 9.64. The fourth-order valence-electron chi connectivity index (χ4n) is 3.63. The van der Waals surface area contributed by atoms with E-state index in [1.807, 2.05) is 0 Å². The lowest BCUT2D eigenvalue weighted by Crippen LogP contribution is -2.46. The number of hydrogen-bond donors (Lipinski definition) is 1. The van der Waals surface area contributed by atoms with Gasteiger partial charge in [0.1, 0.15) is 17.6 Å². The van der Waals surface area contributed by atoms with Crippen LogP contribution in [0.3, 0.4) is 0 Å². The van der Waals surface area contributed by atoms with E-state index in [-0.39, 0.29) is 18.9 Å². The maximum absolute atomic E-state index is 12.4. The van der Waals surface area contributed by atoms with Crippen molar-refractivity contribution in [2.45, 2.75) is 83.8 Å². The number of carbonyl (C=O) groups is 3. The van der Waals surface area contributed by atoms with Gasteiger partial charge in [0, 0.05) is 6.42 Å². The molecule has 2 atom stereocenters. The maximum Gasteiger partial charge on any atom is 0.319 e. The third-order valence-electron chi connectivity index (χ3n) is 4.93. The molecule has 1 heterocycles. The van der Waals surface area contributed by atoms with Crippen LogP contribution in [-0.4, -0.2) is 41.1 Å². The van der Waals surface area contributed by atoms with Gasteiger partial charge in [-0.3, -0.25) is 19.4 Å². The molecule has 1 saturated heterocycles. The monoisotopic (exact) mass is 368 g/mol. The van der Waals surface area contributed by atoms with Crippen LogP contribution in [0.4, 0.5) is 0 Å². The van der Waals surface area contributed by atoms with Gasteiger partial charge in [0.15, 0.2) is 0 Å². The zero-order valence-electron chi connectivity index (χ0n) is 16.2. The second-order valence-electron chi connectivity index (χ2n) is 8.47. The molecule has 2 rings (SSSR count). The van der Waals surface area contributed by atoms with Crippen LogP contribution in [0.25, 0.3) is 0 Å². The molecule has 7 nitrogen and oxygen atoms in total. The van der Waals surface area contributed by atoms with Crippen molar-refractivity contribution in [1.29, 1.82) is 0 Å². The minimum absolute atomic E-state index is 0.106. The van der Waals surface area contributed by atoms with Crippen LogP contribution >= 0.6 is 0 Å². The fourth-order valence-corrected chi connectivity index (χ4v) is 3.63. The van der Waals surface area contributed by atoms with Gasteiger partial charge in [0.2, 0.25) is 0 Å². The molecule has 0 aromatic rings. The highest BCUT2D eigenvalue weighted by Crippen LogP contribution is 2.27. The summed E-state index contributed by atoms with van der Waals surface area (Å²) in [6, 6.07) is 0. The second-order valence-corrected chi connectivity index (χ2v) is 8.47. The minimum atomic E-state index is -0.943. The predicted octanol–water partition coefficient (Wildman–Crippen LogP) is 2.32. The van der Waals surface area contributed by atoms with Crippen LogP contribution < -0.4 is 5.84 Å². The summed E-state index contributed by atoms with van der Waals surface area (Å²) in [5, 5.41) is 0.986. The molecule has 148 valence electrons. The summed E-state index contributed by atoms with van der Waals surface area (Å²) in [6.07, 6.45) is 6.35. The van der Waals surface area contributed by atoms with Gasteiger partial charge >= 0.3 is 11.9 Å². The van der Waals surface area contributed by atoms with Crippen LogP contribution in [0.5, 0.6) is 0 Å². The van der Waals surface area contributed by atoms with E-state index < -0.39 is 29.5 Å². The van der Waals surface area contributed by atoms with Crippen LogP contribution in [0, 0.1) is 11.8 Å². The zero-order chi connectivity index (χ0) is 19.3. The Kier molecular flexibility index (Phi) is 7.03. The lowest BCUT2D eigenvalue weighted by Gasteiger charge is -2.24. The second kappa shape index (κ2) is 8.84. The third-order valence-corrected chi connectivity index (χ3v) is 4.93. The van der Waals surface area contributed by atoms with E-state index in [0.29, 0.717) is 18.8 Å². The van der Waals surface area contributed by atoms with Crippen LogP contribution in [0.1, 0.15) is 72.1 Å². The summed E-state index contributed by atoms with van der Waals surface area (Å²) in [7, 11) is 0. The van der Waals surface area contributed by atoms with Crippen molar-refractivity contribution in [2.75, 3.05) is 6.54 Å². The molecule has 26 heavy (non-hydrogen) atoms. The normalized spacial score (nSPS) is 25.5. The summed E-state index contributed by atoms with van der Waals surface area (Å²) in [4.78, 5) is 36.9. The molecule has 1 amide bonds. The van der Waals surface area contributed by atoms with Gasteiger partial charge in [-0.2, -0.15) is 0 Å². The van der Waals surface area contributed by atoms with Crippen molar-refractivity contribution < 1.29 is 23.9 Å².